The Balaban J connectivity index is 2.04. The Kier molecular flexibility index (Phi) is 7.20. The number of benzene rings is 1. The fraction of sp³-hybridized carbons (Fsp3) is 0.409. The maximum absolute atomic E-state index is 12.5. The fourth-order valence-electron chi connectivity index (χ4n) is 3.26. The molecule has 0 bridgehead atoms. The molecule has 0 spiro atoms. The van der Waals surface area contributed by atoms with E-state index in [4.69, 9.17) is 9.47 Å². The molecule has 1 aromatic heterocycles. The molecular weight excluding hydrogens is 372 g/mol. The normalized spacial score (nSPS) is 13.9. The van der Waals surface area contributed by atoms with Crippen molar-refractivity contribution in [3.63, 3.8) is 0 Å². The van der Waals surface area contributed by atoms with Crippen LogP contribution in [0.3, 0.4) is 0 Å². The first-order valence-corrected chi connectivity index (χ1v) is 9.46. The average Bonchev–Trinajstić information content (AvgIpc) is 2.67. The summed E-state index contributed by atoms with van der Waals surface area (Å²) in [6, 6.07) is 6.58. The van der Waals surface area contributed by atoms with E-state index in [2.05, 4.69) is 10.3 Å². The van der Waals surface area contributed by atoms with E-state index in [1.54, 1.807) is 0 Å². The fourth-order valence-corrected chi connectivity index (χ4v) is 3.26. The second-order valence-corrected chi connectivity index (χ2v) is 7.14. The van der Waals surface area contributed by atoms with Crippen LogP contribution in [-0.4, -0.2) is 41.2 Å². The zero-order valence-electron chi connectivity index (χ0n) is 17.6. The van der Waals surface area contributed by atoms with Gasteiger partial charge in [0.2, 0.25) is 0 Å². The number of amides is 1. The van der Waals surface area contributed by atoms with Crippen molar-refractivity contribution in [1.82, 2.24) is 10.3 Å². The zero-order chi connectivity index (χ0) is 21.7. The molecule has 2 N–H and O–H groups in total. The SMILES string of the molecule is COc1ccnc(C(=O)N[C@@H](C)C(=O)O[C@@H](C)[C@@H](C)c2c(C)cccc2C)c1O. The van der Waals surface area contributed by atoms with E-state index in [9.17, 15) is 14.7 Å². The quantitative estimate of drug-likeness (QED) is 0.693. The minimum absolute atomic E-state index is 0.00727. The van der Waals surface area contributed by atoms with Gasteiger partial charge in [0.15, 0.2) is 17.2 Å². The van der Waals surface area contributed by atoms with Gasteiger partial charge >= 0.3 is 5.97 Å². The van der Waals surface area contributed by atoms with Crippen LogP contribution in [-0.2, 0) is 9.53 Å². The molecule has 1 amide bonds. The lowest BCUT2D eigenvalue weighted by molar-refractivity contribution is -0.151. The summed E-state index contributed by atoms with van der Waals surface area (Å²) in [6.07, 6.45) is 0.954. The summed E-state index contributed by atoms with van der Waals surface area (Å²) in [4.78, 5) is 28.7. The molecule has 7 heteroatoms. The number of aryl methyl sites for hydroxylation is 2. The van der Waals surface area contributed by atoms with E-state index in [0.717, 1.165) is 16.7 Å². The third-order valence-electron chi connectivity index (χ3n) is 5.03. The zero-order valence-corrected chi connectivity index (χ0v) is 17.6. The van der Waals surface area contributed by atoms with E-state index in [1.165, 1.54) is 26.3 Å². The predicted octanol–water partition coefficient (Wildman–Crippen LogP) is 3.27. The van der Waals surface area contributed by atoms with Gasteiger partial charge in [0.1, 0.15) is 12.1 Å². The van der Waals surface area contributed by atoms with Gasteiger partial charge in [0.05, 0.1) is 7.11 Å². The number of aromatic nitrogens is 1. The van der Waals surface area contributed by atoms with Crippen molar-refractivity contribution in [2.24, 2.45) is 0 Å². The first kappa shape index (κ1) is 22.2. The lowest BCUT2D eigenvalue weighted by Gasteiger charge is -2.25. The second-order valence-electron chi connectivity index (χ2n) is 7.14. The van der Waals surface area contributed by atoms with Gasteiger partial charge in [-0.3, -0.25) is 4.79 Å². The van der Waals surface area contributed by atoms with Crippen molar-refractivity contribution >= 4 is 11.9 Å². The molecule has 0 saturated heterocycles. The third kappa shape index (κ3) is 5.04. The molecule has 0 saturated carbocycles. The topological polar surface area (TPSA) is 97.8 Å². The van der Waals surface area contributed by atoms with Crippen molar-refractivity contribution in [3.8, 4) is 11.5 Å². The van der Waals surface area contributed by atoms with Crippen LogP contribution < -0.4 is 10.1 Å². The molecule has 0 unspecified atom stereocenters. The number of methoxy groups -OCH3 is 1. The Morgan fingerprint density at radius 2 is 1.72 bits per heavy atom. The van der Waals surface area contributed by atoms with Gasteiger partial charge in [0.25, 0.3) is 5.91 Å². The maximum atomic E-state index is 12.5. The van der Waals surface area contributed by atoms with Gasteiger partial charge < -0.3 is 19.9 Å². The third-order valence-corrected chi connectivity index (χ3v) is 5.03. The molecule has 2 aromatic rings. The minimum atomic E-state index is -0.914. The number of ether oxygens (including phenoxy) is 2. The molecule has 0 aliphatic rings. The van der Waals surface area contributed by atoms with Crippen molar-refractivity contribution in [2.45, 2.75) is 52.7 Å². The summed E-state index contributed by atoms with van der Waals surface area (Å²) in [6.45, 7) is 9.43. The van der Waals surface area contributed by atoms with E-state index < -0.39 is 17.9 Å². The summed E-state index contributed by atoms with van der Waals surface area (Å²) in [5, 5.41) is 12.5. The van der Waals surface area contributed by atoms with Crippen molar-refractivity contribution < 1.29 is 24.2 Å². The molecule has 7 nitrogen and oxygen atoms in total. The van der Waals surface area contributed by atoms with Gasteiger partial charge in [-0.2, -0.15) is 0 Å². The minimum Gasteiger partial charge on any atom is -0.503 e. The van der Waals surface area contributed by atoms with E-state index in [-0.39, 0.29) is 29.2 Å². The molecule has 0 radical (unpaired) electrons. The molecule has 1 aromatic carbocycles. The lowest BCUT2D eigenvalue weighted by Crippen LogP contribution is -2.41. The number of aromatic hydroxyl groups is 1. The molecule has 1 heterocycles. The molecule has 2 rings (SSSR count). The monoisotopic (exact) mass is 400 g/mol. The molecule has 156 valence electrons. The number of pyridine rings is 1. The number of hydrogen-bond donors (Lipinski definition) is 2. The number of nitrogens with zero attached hydrogens (tertiary/aromatic N) is 1. The van der Waals surface area contributed by atoms with E-state index >= 15 is 0 Å². The van der Waals surface area contributed by atoms with Crippen LogP contribution in [0.2, 0.25) is 0 Å². The number of rotatable bonds is 7. The molecule has 3 atom stereocenters. The number of carbonyl (C=O) groups is 2. The Morgan fingerprint density at radius 1 is 1.10 bits per heavy atom. The summed E-state index contributed by atoms with van der Waals surface area (Å²) < 4.78 is 10.6. The predicted molar refractivity (Wildman–Crippen MR) is 109 cm³/mol. The van der Waals surface area contributed by atoms with Gasteiger partial charge in [-0.25, -0.2) is 9.78 Å². The number of hydrogen-bond acceptors (Lipinski definition) is 6. The van der Waals surface area contributed by atoms with Crippen molar-refractivity contribution in [2.75, 3.05) is 7.11 Å². The Labute approximate surface area is 171 Å². The maximum Gasteiger partial charge on any atom is 0.328 e. The largest absolute Gasteiger partial charge is 0.503 e. The van der Waals surface area contributed by atoms with Crippen LogP contribution in [0.25, 0.3) is 0 Å². The number of nitrogens with one attached hydrogen (secondary N) is 1. The van der Waals surface area contributed by atoms with Crippen molar-refractivity contribution in [3.05, 3.63) is 52.8 Å². The number of esters is 1. The Hall–Kier alpha value is -3.09. The van der Waals surface area contributed by atoms with Crippen LogP contribution in [0, 0.1) is 13.8 Å². The molecule has 0 fully saturated rings. The first-order chi connectivity index (χ1) is 13.7. The standard InChI is InChI=1S/C22H28N2O5/c1-12-8-7-9-13(2)18(12)14(3)16(5)29-22(27)15(4)24-21(26)19-20(25)17(28-6)10-11-23-19/h7-11,14-16,25H,1-6H3,(H,24,26)/t14-,15+,16+/m1/s1. The van der Waals surface area contributed by atoms with Gasteiger partial charge in [-0.05, 0) is 44.4 Å². The van der Waals surface area contributed by atoms with Crippen LogP contribution in [0.5, 0.6) is 11.5 Å². The summed E-state index contributed by atoms with van der Waals surface area (Å²) in [5.41, 5.74) is 3.21. The highest BCUT2D eigenvalue weighted by atomic mass is 16.5. The molecular formula is C22H28N2O5. The van der Waals surface area contributed by atoms with Crippen LogP contribution in [0.15, 0.2) is 30.5 Å². The molecule has 29 heavy (non-hydrogen) atoms. The Morgan fingerprint density at radius 3 is 2.31 bits per heavy atom. The smallest absolute Gasteiger partial charge is 0.328 e. The van der Waals surface area contributed by atoms with Gasteiger partial charge in [-0.15, -0.1) is 0 Å². The highest BCUT2D eigenvalue weighted by molar-refractivity contribution is 5.97. The summed E-state index contributed by atoms with van der Waals surface area (Å²) in [5.74, 6) is -1.53. The first-order valence-electron chi connectivity index (χ1n) is 9.46. The highest BCUT2D eigenvalue weighted by Crippen LogP contribution is 2.29. The lowest BCUT2D eigenvalue weighted by atomic mass is 9.89. The molecule has 0 aliphatic heterocycles. The van der Waals surface area contributed by atoms with Gasteiger partial charge in [0, 0.05) is 18.2 Å². The Bertz CT molecular complexity index is 877. The van der Waals surface area contributed by atoms with E-state index in [0.29, 0.717) is 0 Å². The van der Waals surface area contributed by atoms with Gasteiger partial charge in [-0.1, -0.05) is 25.1 Å². The summed E-state index contributed by atoms with van der Waals surface area (Å²) >= 11 is 0. The van der Waals surface area contributed by atoms with Crippen LogP contribution >= 0.6 is 0 Å². The summed E-state index contributed by atoms with van der Waals surface area (Å²) in [7, 11) is 1.37. The van der Waals surface area contributed by atoms with E-state index in [1.807, 2.05) is 45.9 Å². The number of carbonyl (C=O) groups excluding carboxylic acids is 2. The average molecular weight is 400 g/mol. The van der Waals surface area contributed by atoms with Crippen molar-refractivity contribution in [1.29, 1.82) is 0 Å². The molecule has 0 aliphatic carbocycles. The van der Waals surface area contributed by atoms with Crippen LogP contribution in [0.1, 0.15) is 53.9 Å². The second kappa shape index (κ2) is 9.41. The van der Waals surface area contributed by atoms with Crippen LogP contribution in [0.4, 0.5) is 0 Å². The highest BCUT2D eigenvalue weighted by Gasteiger charge is 2.26.